The zero-order valence-corrected chi connectivity index (χ0v) is 12.0. The zero-order valence-electron chi connectivity index (χ0n) is 12.0. The standard InChI is InChI=1S/C16H24O4/c1-3-19-15(17)11-9-13-5-7-14(8-6-13)10-12-16(18)20-4-2/h3-4,13-14H,1-2,5-12H2. The molecular weight excluding hydrogens is 256 g/mol. The number of hydrogen-bond donors (Lipinski definition) is 0. The van der Waals surface area contributed by atoms with Gasteiger partial charge in [-0.2, -0.15) is 0 Å². The zero-order chi connectivity index (χ0) is 14.8. The molecular formula is C16H24O4. The lowest BCUT2D eigenvalue weighted by Gasteiger charge is -2.28. The van der Waals surface area contributed by atoms with Crippen LogP contribution in [0.15, 0.2) is 25.7 Å². The van der Waals surface area contributed by atoms with E-state index in [4.69, 9.17) is 9.47 Å². The van der Waals surface area contributed by atoms with Crippen molar-refractivity contribution in [1.29, 1.82) is 0 Å². The van der Waals surface area contributed by atoms with Gasteiger partial charge in [0, 0.05) is 12.8 Å². The van der Waals surface area contributed by atoms with Gasteiger partial charge in [0.25, 0.3) is 0 Å². The first-order chi connectivity index (χ1) is 9.65. The Labute approximate surface area is 120 Å². The van der Waals surface area contributed by atoms with Crippen molar-refractivity contribution in [1.82, 2.24) is 0 Å². The first-order valence-corrected chi connectivity index (χ1v) is 7.26. The molecule has 0 N–H and O–H groups in total. The maximum atomic E-state index is 11.2. The van der Waals surface area contributed by atoms with Gasteiger partial charge in [-0.3, -0.25) is 9.59 Å². The Morgan fingerprint density at radius 3 is 1.50 bits per heavy atom. The molecule has 1 aliphatic rings. The van der Waals surface area contributed by atoms with Gasteiger partial charge in [-0.15, -0.1) is 0 Å². The van der Waals surface area contributed by atoms with E-state index in [1.165, 1.54) is 12.5 Å². The van der Waals surface area contributed by atoms with Crippen LogP contribution in [0.2, 0.25) is 0 Å². The topological polar surface area (TPSA) is 52.6 Å². The fraction of sp³-hybridized carbons (Fsp3) is 0.625. The summed E-state index contributed by atoms with van der Waals surface area (Å²) in [6.45, 7) is 6.73. The Kier molecular flexibility index (Phi) is 7.70. The maximum Gasteiger partial charge on any atom is 0.310 e. The maximum absolute atomic E-state index is 11.2. The number of carbonyl (C=O) groups is 2. The second-order valence-electron chi connectivity index (χ2n) is 5.28. The highest BCUT2D eigenvalue weighted by atomic mass is 16.5. The summed E-state index contributed by atoms with van der Waals surface area (Å²) in [4.78, 5) is 22.5. The van der Waals surface area contributed by atoms with Gasteiger partial charge in [-0.05, 0) is 24.7 Å². The molecule has 0 heterocycles. The summed E-state index contributed by atoms with van der Waals surface area (Å²) in [5.41, 5.74) is 0. The predicted octanol–water partition coefficient (Wildman–Crippen LogP) is 3.73. The Balaban J connectivity index is 2.13. The van der Waals surface area contributed by atoms with Crippen LogP contribution < -0.4 is 0 Å². The molecule has 1 rings (SSSR count). The summed E-state index contributed by atoms with van der Waals surface area (Å²) in [7, 11) is 0. The highest BCUT2D eigenvalue weighted by molar-refractivity contribution is 5.70. The van der Waals surface area contributed by atoms with E-state index < -0.39 is 0 Å². The summed E-state index contributed by atoms with van der Waals surface area (Å²) < 4.78 is 9.41. The van der Waals surface area contributed by atoms with Crippen LogP contribution in [-0.4, -0.2) is 11.9 Å². The third-order valence-corrected chi connectivity index (χ3v) is 3.91. The smallest absolute Gasteiger partial charge is 0.310 e. The molecule has 1 aliphatic carbocycles. The van der Waals surface area contributed by atoms with Gasteiger partial charge in [0.1, 0.15) is 0 Å². The van der Waals surface area contributed by atoms with Crippen molar-refractivity contribution >= 4 is 11.9 Å². The van der Waals surface area contributed by atoms with Gasteiger partial charge >= 0.3 is 11.9 Å². The van der Waals surface area contributed by atoms with Crippen LogP contribution in [0.4, 0.5) is 0 Å². The second-order valence-corrected chi connectivity index (χ2v) is 5.28. The van der Waals surface area contributed by atoms with Gasteiger partial charge in [0.2, 0.25) is 0 Å². The summed E-state index contributed by atoms with van der Waals surface area (Å²) in [6.07, 6.45) is 9.58. The molecule has 0 radical (unpaired) electrons. The van der Waals surface area contributed by atoms with Crippen LogP contribution in [-0.2, 0) is 19.1 Å². The summed E-state index contributed by atoms with van der Waals surface area (Å²) in [6, 6.07) is 0. The third kappa shape index (κ3) is 6.55. The molecule has 0 aromatic heterocycles. The number of hydrogen-bond acceptors (Lipinski definition) is 4. The molecule has 4 nitrogen and oxygen atoms in total. The second kappa shape index (κ2) is 9.34. The average Bonchev–Trinajstić information content (AvgIpc) is 2.45. The third-order valence-electron chi connectivity index (χ3n) is 3.91. The number of esters is 2. The van der Waals surface area contributed by atoms with Gasteiger partial charge in [-0.25, -0.2) is 0 Å². The Hall–Kier alpha value is -1.58. The number of carbonyl (C=O) groups excluding carboxylic acids is 2. The lowest BCUT2D eigenvalue weighted by molar-refractivity contribution is -0.139. The van der Waals surface area contributed by atoms with Gasteiger partial charge in [0.15, 0.2) is 0 Å². The minimum atomic E-state index is -0.200. The van der Waals surface area contributed by atoms with E-state index in [0.29, 0.717) is 24.7 Å². The lowest BCUT2D eigenvalue weighted by atomic mass is 9.78. The largest absolute Gasteiger partial charge is 0.435 e. The summed E-state index contributed by atoms with van der Waals surface area (Å²) >= 11 is 0. The van der Waals surface area contributed by atoms with Gasteiger partial charge in [0.05, 0.1) is 12.5 Å². The Morgan fingerprint density at radius 2 is 1.20 bits per heavy atom. The van der Waals surface area contributed by atoms with E-state index in [1.807, 2.05) is 0 Å². The van der Waals surface area contributed by atoms with Crippen molar-refractivity contribution in [3.05, 3.63) is 25.7 Å². The van der Waals surface area contributed by atoms with Crippen LogP contribution in [0, 0.1) is 11.8 Å². The molecule has 20 heavy (non-hydrogen) atoms. The molecule has 112 valence electrons. The van der Waals surface area contributed by atoms with Gasteiger partial charge < -0.3 is 9.47 Å². The quantitative estimate of drug-likeness (QED) is 0.502. The molecule has 0 atom stereocenters. The Bertz CT molecular complexity index is 306. The molecule has 0 bridgehead atoms. The summed E-state index contributed by atoms with van der Waals surface area (Å²) in [5.74, 6) is 0.802. The van der Waals surface area contributed by atoms with Crippen LogP contribution in [0.1, 0.15) is 51.4 Å². The molecule has 0 aliphatic heterocycles. The van der Waals surface area contributed by atoms with Crippen molar-refractivity contribution < 1.29 is 19.1 Å². The van der Waals surface area contributed by atoms with E-state index in [1.54, 1.807) is 0 Å². The molecule has 0 aromatic carbocycles. The van der Waals surface area contributed by atoms with Crippen LogP contribution in [0.25, 0.3) is 0 Å². The van der Waals surface area contributed by atoms with Crippen LogP contribution in [0.3, 0.4) is 0 Å². The molecule has 0 aromatic rings. The molecule has 0 unspecified atom stereocenters. The first-order valence-electron chi connectivity index (χ1n) is 7.26. The van der Waals surface area contributed by atoms with Crippen molar-refractivity contribution in [2.75, 3.05) is 0 Å². The van der Waals surface area contributed by atoms with E-state index in [0.717, 1.165) is 38.5 Å². The van der Waals surface area contributed by atoms with Crippen LogP contribution >= 0.6 is 0 Å². The SMILES string of the molecule is C=COC(=O)CCC1CCC(CCC(=O)OC=C)CC1. The summed E-state index contributed by atoms with van der Waals surface area (Å²) in [5, 5.41) is 0. The fourth-order valence-electron chi connectivity index (χ4n) is 2.76. The fourth-order valence-corrected chi connectivity index (χ4v) is 2.76. The molecule has 1 saturated carbocycles. The molecule has 0 amide bonds. The average molecular weight is 280 g/mol. The number of rotatable bonds is 8. The minimum Gasteiger partial charge on any atom is -0.435 e. The van der Waals surface area contributed by atoms with Crippen molar-refractivity contribution in [2.45, 2.75) is 51.4 Å². The number of ether oxygens (including phenoxy) is 2. The molecule has 1 fully saturated rings. The highest BCUT2D eigenvalue weighted by Crippen LogP contribution is 2.33. The van der Waals surface area contributed by atoms with E-state index in [-0.39, 0.29) is 11.9 Å². The van der Waals surface area contributed by atoms with E-state index in [2.05, 4.69) is 13.2 Å². The monoisotopic (exact) mass is 280 g/mol. The van der Waals surface area contributed by atoms with E-state index in [9.17, 15) is 9.59 Å². The van der Waals surface area contributed by atoms with Crippen LogP contribution in [0.5, 0.6) is 0 Å². The molecule has 4 heteroatoms. The molecule has 0 spiro atoms. The first kappa shape index (κ1) is 16.5. The van der Waals surface area contributed by atoms with E-state index >= 15 is 0 Å². The van der Waals surface area contributed by atoms with Crippen molar-refractivity contribution in [2.24, 2.45) is 11.8 Å². The minimum absolute atomic E-state index is 0.200. The predicted molar refractivity (Wildman–Crippen MR) is 76.5 cm³/mol. The van der Waals surface area contributed by atoms with Crippen molar-refractivity contribution in [3.8, 4) is 0 Å². The lowest BCUT2D eigenvalue weighted by Crippen LogP contribution is -2.17. The Morgan fingerprint density at radius 1 is 0.850 bits per heavy atom. The molecule has 0 saturated heterocycles. The van der Waals surface area contributed by atoms with Gasteiger partial charge in [-0.1, -0.05) is 38.8 Å². The van der Waals surface area contributed by atoms with Crippen molar-refractivity contribution in [3.63, 3.8) is 0 Å². The normalized spacial score (nSPS) is 21.8. The highest BCUT2D eigenvalue weighted by Gasteiger charge is 2.22.